The molecule has 20 heavy (non-hydrogen) atoms. The van der Waals surface area contributed by atoms with E-state index >= 15 is 0 Å². The smallest absolute Gasteiger partial charge is 0.255 e. The van der Waals surface area contributed by atoms with Gasteiger partial charge < -0.3 is 10.4 Å². The maximum atomic E-state index is 12.3. The van der Waals surface area contributed by atoms with Crippen LogP contribution in [0.5, 0.6) is 5.75 Å². The van der Waals surface area contributed by atoms with Gasteiger partial charge in [0.05, 0.1) is 11.6 Å². The molecule has 2 N–H and O–H groups in total. The van der Waals surface area contributed by atoms with Crippen molar-refractivity contribution in [1.29, 1.82) is 0 Å². The molecule has 0 spiro atoms. The molecule has 1 atom stereocenters. The first-order valence-electron chi connectivity index (χ1n) is 6.32. The van der Waals surface area contributed by atoms with Crippen molar-refractivity contribution in [1.82, 2.24) is 5.32 Å². The number of phenolic OH excluding ortho intramolecular Hbond substituents is 1. The molecular formula is C15H16ClNO2S. The van der Waals surface area contributed by atoms with E-state index in [0.29, 0.717) is 5.02 Å². The summed E-state index contributed by atoms with van der Waals surface area (Å²) < 4.78 is 0. The summed E-state index contributed by atoms with van der Waals surface area (Å²) >= 11 is 7.37. The molecule has 2 rings (SSSR count). The van der Waals surface area contributed by atoms with Crippen molar-refractivity contribution in [3.63, 3.8) is 0 Å². The lowest BCUT2D eigenvalue weighted by Crippen LogP contribution is -2.31. The Morgan fingerprint density at radius 3 is 2.65 bits per heavy atom. The van der Waals surface area contributed by atoms with Gasteiger partial charge in [-0.15, -0.1) is 11.3 Å². The van der Waals surface area contributed by atoms with E-state index in [-0.39, 0.29) is 29.2 Å². The minimum Gasteiger partial charge on any atom is -0.507 e. The standard InChI is InChI=1S/C15H16ClNO2S/c1-9(2)14(13-4-3-7-20-13)17-15(19)11-6-5-10(16)8-12(11)18/h3-9,14,18H,1-2H3,(H,17,19). The third kappa shape index (κ3) is 3.32. The second kappa shape index (κ2) is 6.29. The summed E-state index contributed by atoms with van der Waals surface area (Å²) in [4.78, 5) is 13.4. The van der Waals surface area contributed by atoms with Crippen molar-refractivity contribution >= 4 is 28.8 Å². The Morgan fingerprint density at radius 1 is 1.35 bits per heavy atom. The molecular weight excluding hydrogens is 294 g/mol. The first kappa shape index (κ1) is 14.9. The van der Waals surface area contributed by atoms with Gasteiger partial charge in [-0.2, -0.15) is 0 Å². The fraction of sp³-hybridized carbons (Fsp3) is 0.267. The lowest BCUT2D eigenvalue weighted by Gasteiger charge is -2.21. The Kier molecular flexibility index (Phi) is 4.68. The summed E-state index contributed by atoms with van der Waals surface area (Å²) in [6, 6.07) is 8.37. The first-order chi connectivity index (χ1) is 9.49. The van der Waals surface area contributed by atoms with Gasteiger partial charge in [-0.1, -0.05) is 31.5 Å². The number of halogens is 1. The number of nitrogens with one attached hydrogen (secondary N) is 1. The molecule has 1 aromatic carbocycles. The maximum absolute atomic E-state index is 12.3. The molecule has 1 unspecified atom stereocenters. The Morgan fingerprint density at radius 2 is 2.10 bits per heavy atom. The quantitative estimate of drug-likeness (QED) is 0.887. The number of carbonyl (C=O) groups is 1. The lowest BCUT2D eigenvalue weighted by molar-refractivity contribution is 0.0924. The summed E-state index contributed by atoms with van der Waals surface area (Å²) in [5.41, 5.74) is 0.233. The first-order valence-corrected chi connectivity index (χ1v) is 7.57. The second-order valence-electron chi connectivity index (χ2n) is 4.87. The lowest BCUT2D eigenvalue weighted by atomic mass is 10.0. The van der Waals surface area contributed by atoms with E-state index in [0.717, 1.165) is 4.88 Å². The SMILES string of the molecule is CC(C)C(NC(=O)c1ccc(Cl)cc1O)c1cccs1. The normalized spacial score (nSPS) is 12.4. The van der Waals surface area contributed by atoms with E-state index in [1.54, 1.807) is 17.4 Å². The molecule has 0 saturated heterocycles. The highest BCUT2D eigenvalue weighted by atomic mass is 35.5. The zero-order chi connectivity index (χ0) is 14.7. The van der Waals surface area contributed by atoms with Gasteiger partial charge in [-0.25, -0.2) is 0 Å². The average molecular weight is 310 g/mol. The molecule has 1 heterocycles. The van der Waals surface area contributed by atoms with Crippen LogP contribution >= 0.6 is 22.9 Å². The molecule has 0 aliphatic carbocycles. The van der Waals surface area contributed by atoms with Gasteiger partial charge >= 0.3 is 0 Å². The second-order valence-corrected chi connectivity index (χ2v) is 6.29. The zero-order valence-corrected chi connectivity index (χ0v) is 12.8. The van der Waals surface area contributed by atoms with Crippen LogP contribution in [0.1, 0.15) is 35.1 Å². The molecule has 1 amide bonds. The number of amides is 1. The van der Waals surface area contributed by atoms with Gasteiger partial charge in [0.2, 0.25) is 0 Å². The van der Waals surface area contributed by atoms with Crippen molar-refractivity contribution in [3.05, 3.63) is 51.2 Å². The zero-order valence-electron chi connectivity index (χ0n) is 11.3. The van der Waals surface area contributed by atoms with E-state index in [1.807, 2.05) is 31.4 Å². The molecule has 106 valence electrons. The number of phenols is 1. The Labute approximate surface area is 127 Å². The van der Waals surface area contributed by atoms with Gasteiger partial charge in [-0.3, -0.25) is 4.79 Å². The van der Waals surface area contributed by atoms with Crippen molar-refractivity contribution in [3.8, 4) is 5.75 Å². The van der Waals surface area contributed by atoms with Gasteiger partial charge in [0, 0.05) is 9.90 Å². The van der Waals surface area contributed by atoms with Crippen LogP contribution in [0, 0.1) is 5.92 Å². The molecule has 0 aliphatic rings. The molecule has 5 heteroatoms. The van der Waals surface area contributed by atoms with Crippen molar-refractivity contribution in [2.75, 3.05) is 0 Å². The third-order valence-electron chi connectivity index (χ3n) is 3.01. The van der Waals surface area contributed by atoms with E-state index < -0.39 is 0 Å². The van der Waals surface area contributed by atoms with Crippen molar-refractivity contribution in [2.24, 2.45) is 5.92 Å². The Hall–Kier alpha value is -1.52. The van der Waals surface area contributed by atoms with Crippen LogP contribution in [-0.4, -0.2) is 11.0 Å². The molecule has 0 bridgehead atoms. The van der Waals surface area contributed by atoms with Crippen LogP contribution < -0.4 is 5.32 Å². The van der Waals surface area contributed by atoms with E-state index in [4.69, 9.17) is 11.6 Å². The van der Waals surface area contributed by atoms with E-state index in [1.165, 1.54) is 12.1 Å². The topological polar surface area (TPSA) is 49.3 Å². The highest BCUT2D eigenvalue weighted by Crippen LogP contribution is 2.28. The number of aromatic hydroxyl groups is 1. The van der Waals surface area contributed by atoms with Gasteiger partial charge in [-0.05, 0) is 35.6 Å². The fourth-order valence-electron chi connectivity index (χ4n) is 1.95. The molecule has 0 aliphatic heterocycles. The number of hydrogen-bond acceptors (Lipinski definition) is 3. The molecule has 3 nitrogen and oxygen atoms in total. The van der Waals surface area contributed by atoms with Crippen molar-refractivity contribution < 1.29 is 9.90 Å². The highest BCUT2D eigenvalue weighted by Gasteiger charge is 2.21. The molecule has 2 aromatic rings. The Balaban J connectivity index is 2.21. The summed E-state index contributed by atoms with van der Waals surface area (Å²) in [5, 5.41) is 15.1. The van der Waals surface area contributed by atoms with Crippen molar-refractivity contribution in [2.45, 2.75) is 19.9 Å². The van der Waals surface area contributed by atoms with Gasteiger partial charge in [0.25, 0.3) is 5.91 Å². The highest BCUT2D eigenvalue weighted by molar-refractivity contribution is 7.10. The summed E-state index contributed by atoms with van der Waals surface area (Å²) in [7, 11) is 0. The minimum atomic E-state index is -0.300. The van der Waals surface area contributed by atoms with Gasteiger partial charge in [0.1, 0.15) is 5.75 Å². The van der Waals surface area contributed by atoms with Crippen LogP contribution in [-0.2, 0) is 0 Å². The van der Waals surface area contributed by atoms with Crippen LogP contribution in [0.3, 0.4) is 0 Å². The van der Waals surface area contributed by atoms with Crippen LogP contribution in [0.15, 0.2) is 35.7 Å². The Bertz CT molecular complexity index is 596. The fourth-order valence-corrected chi connectivity index (χ4v) is 3.07. The summed E-state index contributed by atoms with van der Waals surface area (Å²) in [6.07, 6.45) is 0. The van der Waals surface area contributed by atoms with E-state index in [2.05, 4.69) is 5.32 Å². The largest absolute Gasteiger partial charge is 0.507 e. The van der Waals surface area contributed by atoms with Crippen LogP contribution in [0.4, 0.5) is 0 Å². The van der Waals surface area contributed by atoms with Crippen LogP contribution in [0.2, 0.25) is 5.02 Å². The predicted molar refractivity (Wildman–Crippen MR) is 82.5 cm³/mol. The van der Waals surface area contributed by atoms with E-state index in [9.17, 15) is 9.90 Å². The summed E-state index contributed by atoms with van der Waals surface area (Å²) in [5.74, 6) is -0.151. The monoisotopic (exact) mass is 309 g/mol. The predicted octanol–water partition coefficient (Wildman–Crippen LogP) is 4.23. The molecule has 0 fully saturated rings. The van der Waals surface area contributed by atoms with Gasteiger partial charge in [0.15, 0.2) is 0 Å². The molecule has 0 radical (unpaired) electrons. The maximum Gasteiger partial charge on any atom is 0.255 e. The third-order valence-corrected chi connectivity index (χ3v) is 4.20. The number of benzene rings is 1. The number of thiophene rings is 1. The van der Waals surface area contributed by atoms with Crippen LogP contribution in [0.25, 0.3) is 0 Å². The summed E-state index contributed by atoms with van der Waals surface area (Å²) in [6.45, 7) is 4.10. The molecule has 1 aromatic heterocycles. The number of rotatable bonds is 4. The number of hydrogen-bond donors (Lipinski definition) is 2. The number of carbonyl (C=O) groups excluding carboxylic acids is 1. The minimum absolute atomic E-state index is 0.0717. The molecule has 0 saturated carbocycles. The average Bonchev–Trinajstić information content (AvgIpc) is 2.88.